The number of hydrogen-bond acceptors (Lipinski definition) is 5. The fraction of sp³-hybridized carbons (Fsp3) is 0.174. The van der Waals surface area contributed by atoms with E-state index in [1.54, 1.807) is 6.07 Å². The minimum atomic E-state index is -0.508. The Morgan fingerprint density at radius 2 is 1.88 bits per heavy atom. The lowest BCUT2D eigenvalue weighted by atomic mass is 9.98. The molecule has 33 heavy (non-hydrogen) atoms. The van der Waals surface area contributed by atoms with Gasteiger partial charge in [-0.3, -0.25) is 9.78 Å². The summed E-state index contributed by atoms with van der Waals surface area (Å²) in [4.78, 5) is 24.9. The lowest BCUT2D eigenvalue weighted by Crippen LogP contribution is -2.25. The Balaban J connectivity index is 1.56. The maximum absolute atomic E-state index is 13.2. The molecule has 1 aliphatic rings. The molecule has 0 spiro atoms. The van der Waals surface area contributed by atoms with E-state index >= 15 is 0 Å². The fourth-order valence-electron chi connectivity index (χ4n) is 3.83. The second kappa shape index (κ2) is 7.90. The number of aromatic amines is 1. The maximum Gasteiger partial charge on any atom is 0.259 e. The summed E-state index contributed by atoms with van der Waals surface area (Å²) < 4.78 is 19.4. The van der Waals surface area contributed by atoms with Crippen molar-refractivity contribution in [2.45, 2.75) is 25.9 Å². The molecule has 2 aromatic heterocycles. The minimum absolute atomic E-state index is 0.344. The molecular formula is C23H18Cl2FN5O2. The van der Waals surface area contributed by atoms with Crippen molar-refractivity contribution in [3.63, 3.8) is 0 Å². The van der Waals surface area contributed by atoms with Gasteiger partial charge in [-0.15, -0.1) is 0 Å². The lowest BCUT2D eigenvalue weighted by molar-refractivity contribution is 0.101. The molecule has 168 valence electrons. The van der Waals surface area contributed by atoms with Gasteiger partial charge < -0.3 is 20.4 Å². The van der Waals surface area contributed by atoms with E-state index in [1.165, 1.54) is 36.7 Å². The molecule has 1 aliphatic heterocycles. The van der Waals surface area contributed by atoms with E-state index in [1.807, 2.05) is 13.8 Å². The lowest BCUT2D eigenvalue weighted by Gasteiger charge is -2.18. The number of amides is 1. The molecular weight excluding hydrogens is 468 g/mol. The van der Waals surface area contributed by atoms with Gasteiger partial charge in [-0.2, -0.15) is 0 Å². The van der Waals surface area contributed by atoms with Crippen molar-refractivity contribution in [2.75, 3.05) is 10.6 Å². The van der Waals surface area contributed by atoms with Crippen LogP contribution in [-0.4, -0.2) is 26.5 Å². The number of H-pyrrole nitrogens is 1. The summed E-state index contributed by atoms with van der Waals surface area (Å²) >= 11 is 12.4. The highest BCUT2D eigenvalue weighted by Gasteiger charge is 2.36. The zero-order valence-electron chi connectivity index (χ0n) is 17.6. The second-order valence-electron chi connectivity index (χ2n) is 8.32. The van der Waals surface area contributed by atoms with E-state index in [0.717, 1.165) is 5.56 Å². The van der Waals surface area contributed by atoms with E-state index < -0.39 is 5.60 Å². The number of carbonyl (C=O) groups is 1. The van der Waals surface area contributed by atoms with Crippen LogP contribution in [0.1, 0.15) is 29.8 Å². The number of ether oxygens (including phenoxy) is 1. The molecule has 10 heteroatoms. The van der Waals surface area contributed by atoms with E-state index in [2.05, 4.69) is 25.6 Å². The van der Waals surface area contributed by atoms with Crippen molar-refractivity contribution in [3.8, 4) is 5.75 Å². The number of fused-ring (bicyclic) bond motifs is 3. The predicted octanol–water partition coefficient (Wildman–Crippen LogP) is 6.11. The number of nitrogens with zero attached hydrogens (tertiary/aromatic N) is 2. The standard InChI is InChI=1S/C23H18Cl2FN5O2/c1-23(2)8-14-18-17(29-22(30-18)31-19-15(24)9-27-10-16(19)25)7-13(20(14)33-23)21(32)28-12-5-3-11(26)4-6-12/h3-7,9-10H,8H2,1-2H3,(H,28,32)(H2,27,29,30,31). The third-order valence-electron chi connectivity index (χ3n) is 5.25. The van der Waals surface area contributed by atoms with Crippen LogP contribution in [0.25, 0.3) is 11.0 Å². The highest BCUT2D eigenvalue weighted by Crippen LogP contribution is 2.42. The molecule has 0 bridgehead atoms. The van der Waals surface area contributed by atoms with Crippen LogP contribution < -0.4 is 15.4 Å². The molecule has 2 aromatic carbocycles. The van der Waals surface area contributed by atoms with Crippen molar-refractivity contribution in [1.29, 1.82) is 0 Å². The average molecular weight is 486 g/mol. The van der Waals surface area contributed by atoms with E-state index in [9.17, 15) is 9.18 Å². The summed E-state index contributed by atoms with van der Waals surface area (Å²) in [7, 11) is 0. The van der Waals surface area contributed by atoms with Crippen LogP contribution in [0.5, 0.6) is 5.75 Å². The molecule has 5 rings (SSSR count). The molecule has 0 radical (unpaired) electrons. The number of imidazole rings is 1. The number of halogens is 3. The van der Waals surface area contributed by atoms with Crippen molar-refractivity contribution in [2.24, 2.45) is 0 Å². The third kappa shape index (κ3) is 4.07. The number of hydrogen-bond donors (Lipinski definition) is 3. The first-order chi connectivity index (χ1) is 15.7. The van der Waals surface area contributed by atoms with Gasteiger partial charge in [0, 0.05) is 30.1 Å². The van der Waals surface area contributed by atoms with Crippen LogP contribution in [0, 0.1) is 5.82 Å². The molecule has 3 N–H and O–H groups in total. The van der Waals surface area contributed by atoms with Gasteiger partial charge in [-0.1, -0.05) is 23.2 Å². The number of rotatable bonds is 4. The van der Waals surface area contributed by atoms with Crippen LogP contribution in [0.15, 0.2) is 42.7 Å². The summed E-state index contributed by atoms with van der Waals surface area (Å²) in [6, 6.07) is 7.24. The molecule has 0 fully saturated rings. The normalized spacial score (nSPS) is 14.1. The van der Waals surface area contributed by atoms with Crippen LogP contribution in [0.2, 0.25) is 10.0 Å². The van der Waals surface area contributed by atoms with Crippen LogP contribution >= 0.6 is 23.2 Å². The van der Waals surface area contributed by atoms with E-state index in [-0.39, 0.29) is 11.7 Å². The number of carbonyl (C=O) groups excluding carboxylic acids is 1. The van der Waals surface area contributed by atoms with Crippen molar-refractivity contribution >= 4 is 57.5 Å². The molecule has 0 saturated heterocycles. The molecule has 0 saturated carbocycles. The summed E-state index contributed by atoms with van der Waals surface area (Å²) in [5.41, 5.74) is 2.92. The number of pyridine rings is 1. The summed E-state index contributed by atoms with van der Waals surface area (Å²) in [5, 5.41) is 6.57. The van der Waals surface area contributed by atoms with Crippen molar-refractivity contribution in [3.05, 3.63) is 69.7 Å². The predicted molar refractivity (Wildman–Crippen MR) is 126 cm³/mol. The van der Waals surface area contributed by atoms with Crippen molar-refractivity contribution < 1.29 is 13.9 Å². The molecule has 0 unspecified atom stereocenters. The Morgan fingerprint density at radius 1 is 1.18 bits per heavy atom. The average Bonchev–Trinajstić information content (AvgIpc) is 3.31. The van der Waals surface area contributed by atoms with E-state index in [0.29, 0.717) is 56.1 Å². The number of anilines is 3. The highest BCUT2D eigenvalue weighted by atomic mass is 35.5. The van der Waals surface area contributed by atoms with Crippen LogP contribution in [0.3, 0.4) is 0 Å². The summed E-state index contributed by atoms with van der Waals surface area (Å²) in [5.74, 6) is 0.127. The quantitative estimate of drug-likeness (QED) is 0.324. The van der Waals surface area contributed by atoms with Gasteiger partial charge in [0.25, 0.3) is 5.91 Å². The largest absolute Gasteiger partial charge is 0.486 e. The zero-order valence-corrected chi connectivity index (χ0v) is 19.1. The molecule has 4 aromatic rings. The Kier molecular flexibility index (Phi) is 5.14. The monoisotopic (exact) mass is 485 g/mol. The molecule has 7 nitrogen and oxygen atoms in total. The Bertz CT molecular complexity index is 1380. The Labute approximate surface area is 198 Å². The molecule has 0 atom stereocenters. The number of benzene rings is 2. The van der Waals surface area contributed by atoms with E-state index in [4.69, 9.17) is 27.9 Å². The fourth-order valence-corrected chi connectivity index (χ4v) is 4.29. The molecule has 1 amide bonds. The summed E-state index contributed by atoms with van der Waals surface area (Å²) in [6.07, 6.45) is 3.52. The number of aromatic nitrogens is 3. The zero-order chi connectivity index (χ0) is 23.3. The summed E-state index contributed by atoms with van der Waals surface area (Å²) in [6.45, 7) is 3.89. The van der Waals surface area contributed by atoms with Gasteiger partial charge in [0.1, 0.15) is 17.2 Å². The van der Waals surface area contributed by atoms with Gasteiger partial charge in [0.2, 0.25) is 5.95 Å². The minimum Gasteiger partial charge on any atom is -0.486 e. The van der Waals surface area contributed by atoms with Gasteiger partial charge in [0.05, 0.1) is 32.3 Å². The first-order valence-corrected chi connectivity index (χ1v) is 10.8. The first-order valence-electron chi connectivity index (χ1n) is 10.1. The highest BCUT2D eigenvalue weighted by molar-refractivity contribution is 6.39. The van der Waals surface area contributed by atoms with Gasteiger partial charge >= 0.3 is 0 Å². The molecule has 3 heterocycles. The molecule has 0 aliphatic carbocycles. The first kappa shape index (κ1) is 21.5. The second-order valence-corrected chi connectivity index (χ2v) is 9.13. The van der Waals surface area contributed by atoms with Gasteiger partial charge in [0.15, 0.2) is 0 Å². The van der Waals surface area contributed by atoms with Crippen LogP contribution in [-0.2, 0) is 6.42 Å². The SMILES string of the molecule is CC1(C)Cc2c(c(C(=O)Nc3ccc(F)cc3)cc3[nH]c(Nc4c(Cl)cncc4Cl)nc23)O1. The van der Waals surface area contributed by atoms with Crippen LogP contribution in [0.4, 0.5) is 21.7 Å². The number of nitrogens with one attached hydrogen (secondary N) is 3. The Hall–Kier alpha value is -3.36. The maximum atomic E-state index is 13.2. The van der Waals surface area contributed by atoms with Gasteiger partial charge in [-0.25, -0.2) is 9.37 Å². The third-order valence-corrected chi connectivity index (χ3v) is 5.82. The smallest absolute Gasteiger partial charge is 0.259 e. The Morgan fingerprint density at radius 3 is 2.58 bits per heavy atom. The van der Waals surface area contributed by atoms with Crippen molar-refractivity contribution in [1.82, 2.24) is 15.0 Å². The topological polar surface area (TPSA) is 91.9 Å². The van der Waals surface area contributed by atoms with Gasteiger partial charge in [-0.05, 0) is 44.2 Å².